The number of nitrogens with one attached hydrogen (secondary N) is 2. The zero-order valence-electron chi connectivity index (χ0n) is 13.1. The first-order valence-electron chi connectivity index (χ1n) is 8.02. The number of ether oxygens (including phenoxy) is 1. The van der Waals surface area contributed by atoms with E-state index in [2.05, 4.69) is 16.4 Å². The van der Waals surface area contributed by atoms with Crippen molar-refractivity contribution in [1.29, 1.82) is 0 Å². The first-order valence-corrected chi connectivity index (χ1v) is 8.02. The summed E-state index contributed by atoms with van der Waals surface area (Å²) in [5.41, 5.74) is 1.65. The van der Waals surface area contributed by atoms with Crippen molar-refractivity contribution in [2.24, 2.45) is 0 Å². The minimum Gasteiger partial charge on any atom is -0.370 e. The topological polar surface area (TPSA) is 51.5 Å². The normalized spacial score (nSPS) is 15.5. The van der Waals surface area contributed by atoms with Gasteiger partial charge in [-0.15, -0.1) is 0 Å². The quantitative estimate of drug-likeness (QED) is 0.774. The van der Waals surface area contributed by atoms with Gasteiger partial charge in [-0.2, -0.15) is 4.98 Å². The van der Waals surface area contributed by atoms with Gasteiger partial charge in [-0.25, -0.2) is 9.37 Å². The van der Waals surface area contributed by atoms with Gasteiger partial charge in [0.1, 0.15) is 18.9 Å². The Morgan fingerprint density at radius 2 is 1.71 bits per heavy atom. The van der Waals surface area contributed by atoms with Crippen LogP contribution in [0.1, 0.15) is 0 Å². The lowest BCUT2D eigenvalue weighted by Gasteiger charge is -2.23. The highest BCUT2D eigenvalue weighted by Gasteiger charge is 2.22. The zero-order chi connectivity index (χ0) is 16.4. The van der Waals surface area contributed by atoms with E-state index >= 15 is 0 Å². The third-order valence-corrected chi connectivity index (χ3v) is 4.13. The second-order valence-electron chi connectivity index (χ2n) is 5.76. The summed E-state index contributed by atoms with van der Waals surface area (Å²) in [5.74, 6) is 1.24. The largest absolute Gasteiger partial charge is 0.370 e. The molecule has 24 heavy (non-hydrogen) atoms. The van der Waals surface area contributed by atoms with E-state index in [9.17, 15) is 4.39 Å². The molecule has 2 aromatic carbocycles. The van der Waals surface area contributed by atoms with Crippen molar-refractivity contribution >= 4 is 28.4 Å². The lowest BCUT2D eigenvalue weighted by Crippen LogP contribution is -3.09. The van der Waals surface area contributed by atoms with Crippen LogP contribution in [0.25, 0.3) is 10.9 Å². The SMILES string of the molecule is Fc1ccc(Nc2nc([NH+]3CCOCC3)c3ccccc3n2)cc1. The fourth-order valence-corrected chi connectivity index (χ4v) is 2.92. The molecule has 1 saturated heterocycles. The molecule has 0 atom stereocenters. The van der Waals surface area contributed by atoms with Crippen molar-refractivity contribution in [3.8, 4) is 0 Å². The van der Waals surface area contributed by atoms with Crippen molar-refractivity contribution in [2.75, 3.05) is 31.6 Å². The van der Waals surface area contributed by atoms with Gasteiger partial charge in [0.2, 0.25) is 11.8 Å². The van der Waals surface area contributed by atoms with Crippen molar-refractivity contribution in [3.05, 3.63) is 54.3 Å². The molecule has 2 N–H and O–H groups in total. The fraction of sp³-hybridized carbons (Fsp3) is 0.222. The molecule has 4 rings (SSSR count). The highest BCUT2D eigenvalue weighted by atomic mass is 19.1. The molecule has 3 aromatic rings. The average molecular weight is 325 g/mol. The third-order valence-electron chi connectivity index (χ3n) is 4.13. The van der Waals surface area contributed by atoms with Crippen LogP contribution in [0.4, 0.5) is 21.8 Å². The van der Waals surface area contributed by atoms with Crippen LogP contribution in [0.15, 0.2) is 48.5 Å². The Morgan fingerprint density at radius 1 is 0.958 bits per heavy atom. The number of aromatic nitrogens is 2. The molecule has 0 bridgehead atoms. The van der Waals surface area contributed by atoms with Crippen molar-refractivity contribution < 1.29 is 14.0 Å². The second kappa shape index (κ2) is 6.51. The van der Waals surface area contributed by atoms with Gasteiger partial charge in [0, 0.05) is 5.69 Å². The van der Waals surface area contributed by atoms with Crippen LogP contribution in [0.5, 0.6) is 0 Å². The number of hydrogen-bond acceptors (Lipinski definition) is 4. The number of benzene rings is 2. The smallest absolute Gasteiger partial charge is 0.238 e. The molecule has 6 heteroatoms. The Labute approximate surface area is 139 Å². The van der Waals surface area contributed by atoms with Crippen LogP contribution in [0.2, 0.25) is 0 Å². The first-order chi connectivity index (χ1) is 11.8. The van der Waals surface area contributed by atoms with Gasteiger partial charge >= 0.3 is 0 Å². The molecule has 0 unspecified atom stereocenters. The molecular weight excluding hydrogens is 307 g/mol. The van der Waals surface area contributed by atoms with Crippen molar-refractivity contribution in [2.45, 2.75) is 0 Å². The van der Waals surface area contributed by atoms with Crippen molar-refractivity contribution in [1.82, 2.24) is 9.97 Å². The molecule has 0 radical (unpaired) electrons. The minimum absolute atomic E-state index is 0.265. The summed E-state index contributed by atoms with van der Waals surface area (Å²) in [4.78, 5) is 10.6. The maximum atomic E-state index is 13.1. The number of morpholine rings is 1. The van der Waals surface area contributed by atoms with Gasteiger partial charge < -0.3 is 10.1 Å². The Balaban J connectivity index is 1.74. The summed E-state index contributed by atoms with van der Waals surface area (Å²) in [6, 6.07) is 14.2. The minimum atomic E-state index is -0.265. The van der Waals surface area contributed by atoms with Gasteiger partial charge in [-0.1, -0.05) is 12.1 Å². The number of quaternary nitrogens is 1. The monoisotopic (exact) mass is 325 g/mol. The molecule has 5 nitrogen and oxygen atoms in total. The molecule has 1 aliphatic heterocycles. The van der Waals surface area contributed by atoms with E-state index in [1.807, 2.05) is 18.2 Å². The molecule has 0 amide bonds. The summed E-state index contributed by atoms with van der Waals surface area (Å²) in [6.45, 7) is 3.23. The van der Waals surface area contributed by atoms with E-state index in [0.29, 0.717) is 5.95 Å². The zero-order valence-corrected chi connectivity index (χ0v) is 13.1. The number of anilines is 2. The highest BCUT2D eigenvalue weighted by molar-refractivity contribution is 5.87. The number of hydrogen-bond donors (Lipinski definition) is 2. The number of rotatable bonds is 3. The number of nitrogens with zero attached hydrogens (tertiary/aromatic N) is 2. The van der Waals surface area contributed by atoms with E-state index in [4.69, 9.17) is 9.72 Å². The summed E-state index contributed by atoms with van der Waals surface area (Å²) in [7, 11) is 0. The highest BCUT2D eigenvalue weighted by Crippen LogP contribution is 2.21. The predicted octanol–water partition coefficient (Wildman–Crippen LogP) is 2.06. The van der Waals surface area contributed by atoms with E-state index in [-0.39, 0.29) is 5.82 Å². The van der Waals surface area contributed by atoms with Crippen LogP contribution in [-0.4, -0.2) is 36.3 Å². The van der Waals surface area contributed by atoms with Crippen LogP contribution in [-0.2, 0) is 4.74 Å². The molecule has 1 fully saturated rings. The number of halogens is 1. The van der Waals surface area contributed by atoms with E-state index < -0.39 is 0 Å². The standard InChI is InChI=1S/C18H17FN4O/c19-13-5-7-14(8-6-13)20-18-21-16-4-2-1-3-15(16)17(22-18)23-9-11-24-12-10-23/h1-8H,9-12H2,(H,20,21,22)/p+1. The summed E-state index contributed by atoms with van der Waals surface area (Å²) >= 11 is 0. The lowest BCUT2D eigenvalue weighted by atomic mass is 10.2. The molecule has 1 aromatic heterocycles. The van der Waals surface area contributed by atoms with Crippen LogP contribution < -0.4 is 10.2 Å². The Hall–Kier alpha value is -2.57. The predicted molar refractivity (Wildman–Crippen MR) is 90.4 cm³/mol. The number of para-hydroxylation sites is 1. The molecule has 2 heterocycles. The molecule has 122 valence electrons. The van der Waals surface area contributed by atoms with Gasteiger partial charge in [0.05, 0.1) is 24.1 Å². The van der Waals surface area contributed by atoms with Crippen LogP contribution >= 0.6 is 0 Å². The van der Waals surface area contributed by atoms with Crippen LogP contribution in [0, 0.1) is 5.82 Å². The van der Waals surface area contributed by atoms with E-state index in [0.717, 1.165) is 48.7 Å². The maximum Gasteiger partial charge on any atom is 0.238 e. The average Bonchev–Trinajstić information content (AvgIpc) is 2.64. The molecule has 1 aliphatic rings. The van der Waals surface area contributed by atoms with E-state index in [1.165, 1.54) is 17.0 Å². The summed E-state index contributed by atoms with van der Waals surface area (Å²) in [6.07, 6.45) is 0. The number of fused-ring (bicyclic) bond motifs is 1. The Bertz CT molecular complexity index is 847. The lowest BCUT2D eigenvalue weighted by molar-refractivity contribution is -0.843. The van der Waals surface area contributed by atoms with Gasteiger partial charge in [-0.3, -0.25) is 4.90 Å². The van der Waals surface area contributed by atoms with Crippen molar-refractivity contribution in [3.63, 3.8) is 0 Å². The van der Waals surface area contributed by atoms with Gasteiger partial charge in [0.15, 0.2) is 0 Å². The first kappa shape index (κ1) is 15.0. The van der Waals surface area contributed by atoms with Crippen LogP contribution in [0.3, 0.4) is 0 Å². The Morgan fingerprint density at radius 3 is 2.50 bits per heavy atom. The van der Waals surface area contributed by atoms with Gasteiger partial charge in [-0.05, 0) is 36.4 Å². The fourth-order valence-electron chi connectivity index (χ4n) is 2.92. The Kier molecular flexibility index (Phi) is 4.06. The molecular formula is C18H18FN4O+. The summed E-state index contributed by atoms with van der Waals surface area (Å²) < 4.78 is 18.5. The molecule has 0 aliphatic carbocycles. The summed E-state index contributed by atoms with van der Waals surface area (Å²) in [5, 5.41) is 4.22. The van der Waals surface area contributed by atoms with E-state index in [1.54, 1.807) is 12.1 Å². The molecule has 0 saturated carbocycles. The third kappa shape index (κ3) is 3.06. The second-order valence-corrected chi connectivity index (χ2v) is 5.76. The van der Waals surface area contributed by atoms with Gasteiger partial charge in [0.25, 0.3) is 0 Å². The maximum absolute atomic E-state index is 13.1. The molecule has 0 spiro atoms.